The van der Waals surface area contributed by atoms with Crippen LogP contribution in [0.2, 0.25) is 0 Å². The third-order valence-electron chi connectivity index (χ3n) is 3.09. The smallest absolute Gasteiger partial charge is 0.0631 e. The van der Waals surface area contributed by atoms with Gasteiger partial charge < -0.3 is 0 Å². The van der Waals surface area contributed by atoms with E-state index in [1.807, 2.05) is 0 Å². The number of unbranched alkanes of at least 4 members (excludes halogenated alkanes) is 3. The van der Waals surface area contributed by atoms with Gasteiger partial charge >= 0.3 is 0 Å². The maximum absolute atomic E-state index is 4.52. The molecule has 0 heterocycles. The number of rotatable bonds is 5. The first-order chi connectivity index (χ1) is 7.65. The van der Waals surface area contributed by atoms with E-state index in [2.05, 4.69) is 51.0 Å². The van der Waals surface area contributed by atoms with Crippen molar-refractivity contribution in [2.24, 2.45) is 4.99 Å². The van der Waals surface area contributed by atoms with Crippen molar-refractivity contribution in [1.29, 1.82) is 0 Å². The van der Waals surface area contributed by atoms with E-state index in [9.17, 15) is 0 Å². The molecule has 0 unspecified atom stereocenters. The summed E-state index contributed by atoms with van der Waals surface area (Å²) >= 11 is 0. The van der Waals surface area contributed by atoms with Gasteiger partial charge in [0.05, 0.1) is 5.69 Å². The summed E-state index contributed by atoms with van der Waals surface area (Å²) in [6, 6.07) is 4.33. The van der Waals surface area contributed by atoms with Gasteiger partial charge in [-0.25, -0.2) is 0 Å². The van der Waals surface area contributed by atoms with E-state index >= 15 is 0 Å². The summed E-state index contributed by atoms with van der Waals surface area (Å²) in [7, 11) is 0. The molecule has 88 valence electrons. The maximum Gasteiger partial charge on any atom is 0.0631 e. The molecule has 0 amide bonds. The molecule has 0 saturated carbocycles. The molecule has 0 aliphatic heterocycles. The fourth-order valence-corrected chi connectivity index (χ4v) is 1.74. The van der Waals surface area contributed by atoms with E-state index in [1.54, 1.807) is 0 Å². The molecule has 16 heavy (non-hydrogen) atoms. The normalized spacial score (nSPS) is 11.2. The molecule has 0 aliphatic carbocycles. The second-order valence-electron chi connectivity index (χ2n) is 4.51. The first-order valence-corrected chi connectivity index (χ1v) is 6.25. The lowest BCUT2D eigenvalue weighted by Crippen LogP contribution is -1.85. The minimum atomic E-state index is 1.09. The van der Waals surface area contributed by atoms with Crippen LogP contribution in [0.15, 0.2) is 17.1 Å². The van der Waals surface area contributed by atoms with E-state index in [4.69, 9.17) is 0 Å². The van der Waals surface area contributed by atoms with Gasteiger partial charge in [0.15, 0.2) is 0 Å². The van der Waals surface area contributed by atoms with Crippen molar-refractivity contribution >= 4 is 11.9 Å². The van der Waals surface area contributed by atoms with Crippen molar-refractivity contribution in [1.82, 2.24) is 0 Å². The molecule has 1 nitrogen and oxygen atoms in total. The lowest BCUT2D eigenvalue weighted by atomic mass is 10.0. The topological polar surface area (TPSA) is 12.4 Å². The summed E-state index contributed by atoms with van der Waals surface area (Å²) in [4.78, 5) is 4.52. The third kappa shape index (κ3) is 3.80. The maximum atomic E-state index is 4.52. The minimum absolute atomic E-state index is 1.09. The molecular weight excluding hydrogens is 194 g/mol. The highest BCUT2D eigenvalue weighted by atomic mass is 14.7. The predicted molar refractivity (Wildman–Crippen MR) is 72.9 cm³/mol. The Labute approximate surface area is 99.6 Å². The summed E-state index contributed by atoms with van der Waals surface area (Å²) in [5.41, 5.74) is 5.14. The Morgan fingerprint density at radius 2 is 1.69 bits per heavy atom. The van der Waals surface area contributed by atoms with Crippen molar-refractivity contribution in [3.05, 3.63) is 28.8 Å². The Hall–Kier alpha value is -1.11. The highest BCUT2D eigenvalue weighted by Crippen LogP contribution is 2.21. The molecule has 0 aliphatic rings. The standard InChI is InChI=1S/C15H23N/c1-5-6-7-8-9-16-15-10-12(2)14(4)13(3)11-15/h9-11H,5-8H2,1-4H3. The molecule has 0 N–H and O–H groups in total. The molecule has 1 heteroatoms. The zero-order chi connectivity index (χ0) is 12.0. The van der Waals surface area contributed by atoms with E-state index in [0.717, 1.165) is 12.1 Å². The van der Waals surface area contributed by atoms with Crippen LogP contribution in [0, 0.1) is 20.8 Å². The lowest BCUT2D eigenvalue weighted by molar-refractivity contribution is 0.746. The lowest BCUT2D eigenvalue weighted by Gasteiger charge is -2.05. The quantitative estimate of drug-likeness (QED) is 0.491. The van der Waals surface area contributed by atoms with E-state index in [1.165, 1.54) is 36.0 Å². The molecule has 1 rings (SSSR count). The average molecular weight is 217 g/mol. The van der Waals surface area contributed by atoms with Crippen LogP contribution in [0.5, 0.6) is 0 Å². The molecule has 0 aromatic heterocycles. The summed E-state index contributed by atoms with van der Waals surface area (Å²) < 4.78 is 0. The Kier molecular flexibility index (Phi) is 5.24. The van der Waals surface area contributed by atoms with Crippen LogP contribution in [0.25, 0.3) is 0 Å². The number of hydrogen-bond acceptors (Lipinski definition) is 1. The molecule has 0 fully saturated rings. The summed E-state index contributed by atoms with van der Waals surface area (Å²) in [5.74, 6) is 0. The molecule has 0 bridgehead atoms. The molecule has 0 radical (unpaired) electrons. The fourth-order valence-electron chi connectivity index (χ4n) is 1.74. The van der Waals surface area contributed by atoms with Gasteiger partial charge in [0, 0.05) is 6.21 Å². The van der Waals surface area contributed by atoms with E-state index in [0.29, 0.717) is 0 Å². The van der Waals surface area contributed by atoms with Gasteiger partial charge in [-0.15, -0.1) is 0 Å². The van der Waals surface area contributed by atoms with Crippen molar-refractivity contribution in [3.8, 4) is 0 Å². The zero-order valence-corrected chi connectivity index (χ0v) is 11.0. The SMILES string of the molecule is CCCCCC=Nc1cc(C)c(C)c(C)c1. The number of nitrogens with zero attached hydrogens (tertiary/aromatic N) is 1. The molecule has 0 spiro atoms. The van der Waals surface area contributed by atoms with Crippen molar-refractivity contribution < 1.29 is 0 Å². The van der Waals surface area contributed by atoms with Crippen LogP contribution in [0.3, 0.4) is 0 Å². The van der Waals surface area contributed by atoms with Crippen LogP contribution in [-0.4, -0.2) is 6.21 Å². The fraction of sp³-hybridized carbons (Fsp3) is 0.533. The largest absolute Gasteiger partial charge is 0.261 e. The van der Waals surface area contributed by atoms with Crippen molar-refractivity contribution in [2.75, 3.05) is 0 Å². The summed E-state index contributed by atoms with van der Waals surface area (Å²) in [6.07, 6.45) is 6.98. The van der Waals surface area contributed by atoms with Crippen LogP contribution >= 0.6 is 0 Å². The first kappa shape index (κ1) is 13.0. The van der Waals surface area contributed by atoms with E-state index < -0.39 is 0 Å². The van der Waals surface area contributed by atoms with Crippen molar-refractivity contribution in [3.63, 3.8) is 0 Å². The number of aryl methyl sites for hydroxylation is 2. The molecule has 0 atom stereocenters. The number of benzene rings is 1. The third-order valence-corrected chi connectivity index (χ3v) is 3.09. The zero-order valence-electron chi connectivity index (χ0n) is 11.0. The van der Waals surface area contributed by atoms with Crippen LogP contribution in [0.4, 0.5) is 5.69 Å². The number of aliphatic imine (C=N–C) groups is 1. The van der Waals surface area contributed by atoms with Gasteiger partial charge in [-0.1, -0.05) is 19.8 Å². The van der Waals surface area contributed by atoms with Gasteiger partial charge in [0.2, 0.25) is 0 Å². The molecular formula is C15H23N. The van der Waals surface area contributed by atoms with Gasteiger partial charge in [-0.3, -0.25) is 4.99 Å². The van der Waals surface area contributed by atoms with Gasteiger partial charge in [0.1, 0.15) is 0 Å². The Morgan fingerprint density at radius 3 is 2.25 bits per heavy atom. The van der Waals surface area contributed by atoms with Crippen LogP contribution < -0.4 is 0 Å². The Morgan fingerprint density at radius 1 is 1.06 bits per heavy atom. The van der Waals surface area contributed by atoms with Crippen molar-refractivity contribution in [2.45, 2.75) is 53.4 Å². The molecule has 1 aromatic carbocycles. The second-order valence-corrected chi connectivity index (χ2v) is 4.51. The van der Waals surface area contributed by atoms with Gasteiger partial charge in [-0.05, 0) is 62.4 Å². The highest BCUT2D eigenvalue weighted by Gasteiger charge is 1.98. The first-order valence-electron chi connectivity index (χ1n) is 6.25. The molecule has 1 aromatic rings. The predicted octanol–water partition coefficient (Wildman–Crippen LogP) is 4.89. The van der Waals surface area contributed by atoms with Gasteiger partial charge in [-0.2, -0.15) is 0 Å². The molecule has 0 saturated heterocycles. The Balaban J connectivity index is 2.60. The Bertz CT molecular complexity index is 341. The monoisotopic (exact) mass is 217 g/mol. The van der Waals surface area contributed by atoms with E-state index in [-0.39, 0.29) is 0 Å². The second kappa shape index (κ2) is 6.47. The van der Waals surface area contributed by atoms with Crippen LogP contribution in [0.1, 0.15) is 49.3 Å². The van der Waals surface area contributed by atoms with Gasteiger partial charge in [0.25, 0.3) is 0 Å². The minimum Gasteiger partial charge on any atom is -0.261 e. The summed E-state index contributed by atoms with van der Waals surface area (Å²) in [6.45, 7) is 8.69. The average Bonchev–Trinajstić information content (AvgIpc) is 2.25. The number of hydrogen-bond donors (Lipinski definition) is 0. The van der Waals surface area contributed by atoms with Crippen LogP contribution in [-0.2, 0) is 0 Å². The highest BCUT2D eigenvalue weighted by molar-refractivity contribution is 5.64. The summed E-state index contributed by atoms with van der Waals surface area (Å²) in [5, 5.41) is 0.